The van der Waals surface area contributed by atoms with E-state index in [1.165, 1.54) is 0 Å². The number of halogens is 2. The number of hydrogen-bond donors (Lipinski definition) is 1. The van der Waals surface area contributed by atoms with Gasteiger partial charge in [0, 0.05) is 6.42 Å². The lowest BCUT2D eigenvalue weighted by Gasteiger charge is -2.05. The standard InChI is InChI=1S/C7H6BrClN2O/c8-4-5(9)7(10)11-3-1-2-12-6(3)4/h1-2H2,(H2,10,11). The molecule has 0 atom stereocenters. The van der Waals surface area contributed by atoms with Gasteiger partial charge < -0.3 is 10.5 Å². The molecule has 2 N–H and O–H groups in total. The van der Waals surface area contributed by atoms with Crippen molar-refractivity contribution < 1.29 is 4.74 Å². The van der Waals surface area contributed by atoms with E-state index in [9.17, 15) is 0 Å². The first-order valence-electron chi connectivity index (χ1n) is 3.46. The van der Waals surface area contributed by atoms with Crippen molar-refractivity contribution in [1.29, 1.82) is 0 Å². The van der Waals surface area contributed by atoms with Gasteiger partial charge in [-0.15, -0.1) is 0 Å². The van der Waals surface area contributed by atoms with Crippen LogP contribution in [0.4, 0.5) is 5.82 Å². The summed E-state index contributed by atoms with van der Waals surface area (Å²) in [6.07, 6.45) is 0.801. The largest absolute Gasteiger partial charge is 0.490 e. The van der Waals surface area contributed by atoms with Crippen LogP contribution in [0.5, 0.6) is 5.75 Å². The highest BCUT2D eigenvalue weighted by Gasteiger charge is 2.20. The summed E-state index contributed by atoms with van der Waals surface area (Å²) in [6, 6.07) is 0. The zero-order chi connectivity index (χ0) is 8.72. The minimum absolute atomic E-state index is 0.354. The zero-order valence-electron chi connectivity index (χ0n) is 6.10. The third-order valence-electron chi connectivity index (χ3n) is 1.72. The third kappa shape index (κ3) is 1.06. The molecular weight excluding hydrogens is 243 g/mol. The average Bonchev–Trinajstić information content (AvgIpc) is 2.48. The van der Waals surface area contributed by atoms with E-state index in [2.05, 4.69) is 20.9 Å². The lowest BCUT2D eigenvalue weighted by molar-refractivity contribution is 0.355. The first-order chi connectivity index (χ1) is 5.70. The smallest absolute Gasteiger partial charge is 0.156 e. The SMILES string of the molecule is Nc1nc2c(c(Br)c1Cl)OCC2. The van der Waals surface area contributed by atoms with E-state index in [0.29, 0.717) is 21.9 Å². The van der Waals surface area contributed by atoms with Gasteiger partial charge in [0.2, 0.25) is 0 Å². The van der Waals surface area contributed by atoms with Crippen molar-refractivity contribution in [3.05, 3.63) is 15.2 Å². The summed E-state index contributed by atoms with van der Waals surface area (Å²) >= 11 is 9.15. The Kier molecular flexibility index (Phi) is 1.88. The molecule has 0 bridgehead atoms. The second kappa shape index (κ2) is 2.78. The molecule has 3 nitrogen and oxygen atoms in total. The van der Waals surface area contributed by atoms with Gasteiger partial charge in [-0.1, -0.05) is 11.6 Å². The number of hydrogen-bond acceptors (Lipinski definition) is 3. The summed E-state index contributed by atoms with van der Waals surface area (Å²) in [5.74, 6) is 1.09. The van der Waals surface area contributed by atoms with Gasteiger partial charge in [0.25, 0.3) is 0 Å². The second-order valence-electron chi connectivity index (χ2n) is 2.50. The molecule has 0 fully saturated rings. The predicted molar refractivity (Wildman–Crippen MR) is 50.6 cm³/mol. The van der Waals surface area contributed by atoms with Gasteiger partial charge in [0.15, 0.2) is 5.75 Å². The first-order valence-corrected chi connectivity index (χ1v) is 4.63. The normalized spacial score (nSPS) is 14.2. The molecule has 1 aromatic heterocycles. The van der Waals surface area contributed by atoms with E-state index in [0.717, 1.165) is 17.9 Å². The van der Waals surface area contributed by atoms with Crippen LogP contribution in [0.15, 0.2) is 4.47 Å². The van der Waals surface area contributed by atoms with Crippen molar-refractivity contribution in [2.24, 2.45) is 0 Å². The maximum absolute atomic E-state index is 5.85. The van der Waals surface area contributed by atoms with Gasteiger partial charge in [-0.3, -0.25) is 0 Å². The monoisotopic (exact) mass is 248 g/mol. The van der Waals surface area contributed by atoms with Crippen molar-refractivity contribution in [2.45, 2.75) is 6.42 Å². The Balaban J connectivity index is 2.67. The van der Waals surface area contributed by atoms with E-state index in [4.69, 9.17) is 22.1 Å². The molecule has 64 valence electrons. The average molecular weight is 249 g/mol. The number of nitrogens with two attached hydrogens (primary N) is 1. The first kappa shape index (κ1) is 8.13. The van der Waals surface area contributed by atoms with Gasteiger partial charge in [-0.2, -0.15) is 0 Å². The van der Waals surface area contributed by atoms with Crippen molar-refractivity contribution in [3.8, 4) is 5.75 Å². The van der Waals surface area contributed by atoms with Crippen LogP contribution in [0.3, 0.4) is 0 Å². The van der Waals surface area contributed by atoms with Crippen molar-refractivity contribution in [3.63, 3.8) is 0 Å². The molecule has 12 heavy (non-hydrogen) atoms. The van der Waals surface area contributed by atoms with E-state index in [-0.39, 0.29) is 0 Å². The van der Waals surface area contributed by atoms with Crippen molar-refractivity contribution in [2.75, 3.05) is 12.3 Å². The van der Waals surface area contributed by atoms with E-state index >= 15 is 0 Å². The topological polar surface area (TPSA) is 48.1 Å². The number of nitrogen functional groups attached to an aromatic ring is 1. The van der Waals surface area contributed by atoms with Gasteiger partial charge in [-0.25, -0.2) is 4.98 Å². The minimum Gasteiger partial charge on any atom is -0.490 e. The summed E-state index contributed by atoms with van der Waals surface area (Å²) in [5, 5.41) is 0.427. The summed E-state index contributed by atoms with van der Waals surface area (Å²) in [5.41, 5.74) is 6.44. The van der Waals surface area contributed by atoms with E-state index < -0.39 is 0 Å². The fourth-order valence-electron chi connectivity index (χ4n) is 1.15. The highest BCUT2D eigenvalue weighted by molar-refractivity contribution is 9.10. The van der Waals surface area contributed by atoms with E-state index in [1.807, 2.05) is 0 Å². The molecule has 1 aromatic rings. The van der Waals surface area contributed by atoms with Gasteiger partial charge in [-0.05, 0) is 15.9 Å². The molecule has 0 spiro atoms. The molecule has 1 aliphatic heterocycles. The lowest BCUT2D eigenvalue weighted by atomic mass is 10.3. The number of ether oxygens (including phenoxy) is 1. The molecule has 2 heterocycles. The van der Waals surface area contributed by atoms with Gasteiger partial charge in [0.1, 0.15) is 10.8 Å². The Hall–Kier alpha value is -0.480. The Morgan fingerprint density at radius 3 is 3.08 bits per heavy atom. The van der Waals surface area contributed by atoms with Crippen molar-refractivity contribution >= 4 is 33.3 Å². The van der Waals surface area contributed by atoms with Crippen LogP contribution in [0.1, 0.15) is 5.69 Å². The second-order valence-corrected chi connectivity index (χ2v) is 3.67. The van der Waals surface area contributed by atoms with Crippen LogP contribution >= 0.6 is 27.5 Å². The van der Waals surface area contributed by atoms with Crippen LogP contribution in [0.2, 0.25) is 5.02 Å². The van der Waals surface area contributed by atoms with Gasteiger partial charge in [0.05, 0.1) is 16.8 Å². The van der Waals surface area contributed by atoms with Crippen LogP contribution < -0.4 is 10.5 Å². The Morgan fingerprint density at radius 1 is 1.58 bits per heavy atom. The molecule has 0 saturated carbocycles. The number of anilines is 1. The predicted octanol–water partition coefficient (Wildman–Crippen LogP) is 2.01. The highest BCUT2D eigenvalue weighted by Crippen LogP contribution is 2.39. The Morgan fingerprint density at radius 2 is 2.33 bits per heavy atom. The zero-order valence-corrected chi connectivity index (χ0v) is 8.44. The minimum atomic E-state index is 0.354. The molecule has 0 unspecified atom stereocenters. The maximum Gasteiger partial charge on any atom is 0.156 e. The summed E-state index contributed by atoms with van der Waals surface area (Å²) in [4.78, 5) is 4.10. The number of aromatic nitrogens is 1. The summed E-state index contributed by atoms with van der Waals surface area (Å²) in [6.45, 7) is 0.653. The highest BCUT2D eigenvalue weighted by atomic mass is 79.9. The maximum atomic E-state index is 5.85. The molecule has 1 aliphatic rings. The molecular formula is C7H6BrClN2O. The fraction of sp³-hybridized carbons (Fsp3) is 0.286. The van der Waals surface area contributed by atoms with Crippen molar-refractivity contribution in [1.82, 2.24) is 4.98 Å². The Bertz CT molecular complexity index is 343. The van der Waals surface area contributed by atoms with Crippen LogP contribution in [0, 0.1) is 0 Å². The third-order valence-corrected chi connectivity index (χ3v) is 3.09. The van der Waals surface area contributed by atoms with E-state index in [1.54, 1.807) is 0 Å². The number of nitrogens with zero attached hydrogens (tertiary/aromatic N) is 1. The number of fused-ring (bicyclic) bond motifs is 1. The van der Waals surface area contributed by atoms with Crippen LogP contribution in [-0.4, -0.2) is 11.6 Å². The van der Waals surface area contributed by atoms with Crippen LogP contribution in [0.25, 0.3) is 0 Å². The summed E-state index contributed by atoms with van der Waals surface area (Å²) in [7, 11) is 0. The fourth-order valence-corrected chi connectivity index (χ4v) is 1.82. The molecule has 0 aliphatic carbocycles. The molecule has 0 radical (unpaired) electrons. The molecule has 0 aromatic carbocycles. The molecule has 0 amide bonds. The quantitative estimate of drug-likeness (QED) is 0.765. The summed E-state index contributed by atoms with van der Waals surface area (Å²) < 4.78 is 6.03. The van der Waals surface area contributed by atoms with Gasteiger partial charge >= 0.3 is 0 Å². The molecule has 5 heteroatoms. The number of pyridine rings is 1. The Labute approximate surface area is 83.0 Å². The lowest BCUT2D eigenvalue weighted by Crippen LogP contribution is -1.95. The molecule has 2 rings (SSSR count). The molecule has 0 saturated heterocycles. The number of rotatable bonds is 0. The van der Waals surface area contributed by atoms with Crippen LogP contribution in [-0.2, 0) is 6.42 Å².